The minimum atomic E-state index is 0.138. The average molecular weight is 516 g/mol. The van der Waals surface area contributed by atoms with E-state index < -0.39 is 0 Å². The van der Waals surface area contributed by atoms with Gasteiger partial charge in [-0.25, -0.2) is 9.97 Å². The summed E-state index contributed by atoms with van der Waals surface area (Å²) in [6.07, 6.45) is 10.3. The fourth-order valence-electron chi connectivity index (χ4n) is 4.63. The molecule has 0 saturated heterocycles. The molecular formula is C32H33N7. The van der Waals surface area contributed by atoms with Crippen LogP contribution in [0.3, 0.4) is 0 Å². The Balaban J connectivity index is 1.51. The highest BCUT2D eigenvalue weighted by Gasteiger charge is 2.17. The summed E-state index contributed by atoms with van der Waals surface area (Å²) in [5, 5.41) is 11.1. The Kier molecular flexibility index (Phi) is 6.98. The topological polar surface area (TPSA) is 95.2 Å². The number of imidazole rings is 1. The van der Waals surface area contributed by atoms with Crippen LogP contribution in [0.25, 0.3) is 50.3 Å². The van der Waals surface area contributed by atoms with Crippen LogP contribution in [-0.4, -0.2) is 30.1 Å². The molecule has 0 unspecified atom stereocenters. The molecule has 0 amide bonds. The van der Waals surface area contributed by atoms with E-state index in [0.717, 1.165) is 62.3 Å². The Morgan fingerprint density at radius 1 is 1.03 bits per heavy atom. The zero-order valence-electron chi connectivity index (χ0n) is 22.8. The highest BCUT2D eigenvalue weighted by molar-refractivity contribution is 5.96. The first kappa shape index (κ1) is 25.9. The average Bonchev–Trinajstić information content (AvgIpc) is 3.54. The molecule has 0 aliphatic carbocycles. The molecule has 4 aromatic heterocycles. The second-order valence-electron chi connectivity index (χ2n) is 10.7. The van der Waals surface area contributed by atoms with Crippen molar-refractivity contribution < 1.29 is 0 Å². The van der Waals surface area contributed by atoms with Gasteiger partial charge in [0.2, 0.25) is 0 Å². The molecular weight excluding hydrogens is 482 g/mol. The maximum absolute atomic E-state index is 5.00. The van der Waals surface area contributed by atoms with E-state index >= 15 is 0 Å². The molecule has 4 heterocycles. The van der Waals surface area contributed by atoms with Crippen LogP contribution in [0.4, 0.5) is 0 Å². The zero-order valence-corrected chi connectivity index (χ0v) is 22.8. The monoisotopic (exact) mass is 515 g/mol. The molecule has 0 aliphatic heterocycles. The van der Waals surface area contributed by atoms with Gasteiger partial charge in [0, 0.05) is 34.9 Å². The Bertz CT molecular complexity index is 1730. The number of nitrogens with one attached hydrogen (secondary N) is 3. The molecule has 0 radical (unpaired) electrons. The SMILES string of the molecule is C=C/C(=C\C(=C/C)c1ccc2[nH]nc(-c3nc4c(-c5cccnc5)cccc4[nH]3)c2n1)NC(=C)CC(C)(C)C. The van der Waals surface area contributed by atoms with Gasteiger partial charge in [-0.3, -0.25) is 10.1 Å². The zero-order chi connectivity index (χ0) is 27.6. The molecule has 0 atom stereocenters. The van der Waals surface area contributed by atoms with Gasteiger partial charge in [0.25, 0.3) is 0 Å². The van der Waals surface area contributed by atoms with E-state index in [0.29, 0.717) is 11.5 Å². The highest BCUT2D eigenvalue weighted by atomic mass is 15.1. The third-order valence-electron chi connectivity index (χ3n) is 6.32. The van der Waals surface area contributed by atoms with Crippen LogP contribution in [0.2, 0.25) is 0 Å². The van der Waals surface area contributed by atoms with Crippen LogP contribution in [0.15, 0.2) is 97.6 Å². The Labute approximate surface area is 228 Å². The van der Waals surface area contributed by atoms with Crippen LogP contribution >= 0.6 is 0 Å². The molecule has 196 valence electrons. The number of H-pyrrole nitrogens is 2. The number of fused-ring (bicyclic) bond motifs is 2. The number of benzene rings is 1. The summed E-state index contributed by atoms with van der Waals surface area (Å²) < 4.78 is 0. The lowest BCUT2D eigenvalue weighted by molar-refractivity contribution is 0.403. The molecule has 0 bridgehead atoms. The summed E-state index contributed by atoms with van der Waals surface area (Å²) >= 11 is 0. The summed E-state index contributed by atoms with van der Waals surface area (Å²) in [7, 11) is 0. The second kappa shape index (κ2) is 10.5. The van der Waals surface area contributed by atoms with E-state index in [1.807, 2.05) is 61.7 Å². The van der Waals surface area contributed by atoms with Crippen molar-refractivity contribution in [3.05, 3.63) is 103 Å². The van der Waals surface area contributed by atoms with Gasteiger partial charge >= 0.3 is 0 Å². The van der Waals surface area contributed by atoms with Crippen molar-refractivity contribution in [1.29, 1.82) is 0 Å². The molecule has 5 aromatic rings. The molecule has 5 rings (SSSR count). The Morgan fingerprint density at radius 2 is 1.87 bits per heavy atom. The van der Waals surface area contributed by atoms with Crippen LogP contribution in [0.1, 0.15) is 39.8 Å². The number of allylic oxidation sites excluding steroid dienone is 5. The third kappa shape index (κ3) is 5.57. The summed E-state index contributed by atoms with van der Waals surface area (Å²) in [6.45, 7) is 16.8. The first-order chi connectivity index (χ1) is 18.8. The lowest BCUT2D eigenvalue weighted by Crippen LogP contribution is -2.16. The number of aromatic amines is 2. The molecule has 39 heavy (non-hydrogen) atoms. The molecule has 1 aromatic carbocycles. The molecule has 3 N–H and O–H groups in total. The van der Waals surface area contributed by atoms with E-state index in [2.05, 4.69) is 65.5 Å². The fourth-order valence-corrected chi connectivity index (χ4v) is 4.63. The van der Waals surface area contributed by atoms with E-state index in [1.54, 1.807) is 12.3 Å². The number of rotatable bonds is 8. The van der Waals surface area contributed by atoms with Gasteiger partial charge in [-0.1, -0.05) is 58.2 Å². The maximum atomic E-state index is 5.00. The first-order valence-corrected chi connectivity index (χ1v) is 13.0. The number of pyridine rings is 2. The van der Waals surface area contributed by atoms with Gasteiger partial charge < -0.3 is 10.3 Å². The molecule has 0 spiro atoms. The normalized spacial score (nSPS) is 12.7. The van der Waals surface area contributed by atoms with Gasteiger partial charge in [0.1, 0.15) is 5.52 Å². The minimum Gasteiger partial charge on any atom is -0.359 e. The van der Waals surface area contributed by atoms with Crippen molar-refractivity contribution >= 4 is 27.6 Å². The molecule has 0 fully saturated rings. The van der Waals surface area contributed by atoms with Crippen molar-refractivity contribution in [2.75, 3.05) is 0 Å². The van der Waals surface area contributed by atoms with E-state index in [-0.39, 0.29) is 5.41 Å². The van der Waals surface area contributed by atoms with Gasteiger partial charge in [-0.2, -0.15) is 5.10 Å². The number of hydrogen-bond acceptors (Lipinski definition) is 5. The number of hydrogen-bond donors (Lipinski definition) is 3. The summed E-state index contributed by atoms with van der Waals surface area (Å²) in [6, 6.07) is 14.0. The lowest BCUT2D eigenvalue weighted by atomic mass is 9.91. The van der Waals surface area contributed by atoms with Crippen LogP contribution in [0.5, 0.6) is 0 Å². The molecule has 0 aliphatic rings. The predicted octanol–water partition coefficient (Wildman–Crippen LogP) is 7.58. The van der Waals surface area contributed by atoms with E-state index in [4.69, 9.17) is 9.97 Å². The van der Waals surface area contributed by atoms with Crippen molar-refractivity contribution in [2.24, 2.45) is 5.41 Å². The van der Waals surface area contributed by atoms with Crippen molar-refractivity contribution in [3.63, 3.8) is 0 Å². The van der Waals surface area contributed by atoms with Gasteiger partial charge in [-0.05, 0) is 60.8 Å². The standard InChI is InChI=1S/C32H33N7/c1-7-21(17-23(8-2)34-20(3)18-32(4,5)6)25-14-15-27-29(35-25)30(39-38-27)31-36-26-13-9-12-24(28(26)37-31)22-11-10-16-33-19-22/h7-17,19,34H,2-3,18H2,1,4-6H3,(H,36,37)(H,38,39)/b21-7+,23-17+. The predicted molar refractivity (Wildman–Crippen MR) is 160 cm³/mol. The largest absolute Gasteiger partial charge is 0.359 e. The fraction of sp³-hybridized carbons (Fsp3) is 0.188. The summed E-state index contributed by atoms with van der Waals surface area (Å²) in [5.74, 6) is 0.654. The van der Waals surface area contributed by atoms with Crippen LogP contribution in [-0.2, 0) is 0 Å². The van der Waals surface area contributed by atoms with Gasteiger partial charge in [0.15, 0.2) is 11.5 Å². The minimum absolute atomic E-state index is 0.138. The molecule has 0 saturated carbocycles. The molecule has 7 nitrogen and oxygen atoms in total. The van der Waals surface area contributed by atoms with Crippen molar-refractivity contribution in [3.8, 4) is 22.6 Å². The lowest BCUT2D eigenvalue weighted by Gasteiger charge is -2.21. The smallest absolute Gasteiger partial charge is 0.161 e. The Hall–Kier alpha value is -4.78. The van der Waals surface area contributed by atoms with Crippen LogP contribution in [0, 0.1) is 5.41 Å². The highest BCUT2D eigenvalue weighted by Crippen LogP contribution is 2.31. The second-order valence-corrected chi connectivity index (χ2v) is 10.7. The van der Waals surface area contributed by atoms with Crippen molar-refractivity contribution in [2.45, 2.75) is 34.1 Å². The van der Waals surface area contributed by atoms with Gasteiger partial charge in [-0.15, -0.1) is 0 Å². The van der Waals surface area contributed by atoms with Crippen molar-refractivity contribution in [1.82, 2.24) is 35.5 Å². The third-order valence-corrected chi connectivity index (χ3v) is 6.32. The first-order valence-electron chi connectivity index (χ1n) is 13.0. The quantitative estimate of drug-likeness (QED) is 0.185. The Morgan fingerprint density at radius 3 is 2.59 bits per heavy atom. The maximum Gasteiger partial charge on any atom is 0.161 e. The van der Waals surface area contributed by atoms with Crippen LogP contribution < -0.4 is 5.32 Å². The summed E-state index contributed by atoms with van der Waals surface area (Å²) in [4.78, 5) is 17.6. The number of nitrogens with zero attached hydrogens (tertiary/aromatic N) is 4. The van der Waals surface area contributed by atoms with Gasteiger partial charge in [0.05, 0.1) is 22.2 Å². The number of aromatic nitrogens is 6. The van der Waals surface area contributed by atoms with E-state index in [9.17, 15) is 0 Å². The number of para-hydroxylation sites is 1. The molecule has 7 heteroatoms. The summed E-state index contributed by atoms with van der Waals surface area (Å²) in [5.41, 5.74) is 9.78. The van der Waals surface area contributed by atoms with E-state index in [1.165, 1.54) is 0 Å².